The van der Waals surface area contributed by atoms with Crippen LogP contribution in [-0.4, -0.2) is 5.78 Å². The van der Waals surface area contributed by atoms with Crippen molar-refractivity contribution in [2.75, 3.05) is 5.32 Å². The maximum atomic E-state index is 13.3. The number of hydrogen-bond donors (Lipinski definition) is 1. The van der Waals surface area contributed by atoms with Crippen LogP contribution in [0.1, 0.15) is 24.2 Å². The molecule has 0 bridgehead atoms. The molecule has 0 aromatic heterocycles. The van der Waals surface area contributed by atoms with Gasteiger partial charge in [0.15, 0.2) is 0 Å². The Labute approximate surface area is 145 Å². The minimum absolute atomic E-state index is 0.0481. The predicted molar refractivity (Wildman–Crippen MR) is 95.4 cm³/mol. The molecule has 0 unspecified atom stereocenters. The number of rotatable bonds is 1. The molecule has 0 amide bonds. The number of anilines is 1. The van der Waals surface area contributed by atoms with E-state index in [1.165, 1.54) is 12.1 Å². The van der Waals surface area contributed by atoms with Crippen molar-refractivity contribution in [3.8, 4) is 0 Å². The largest absolute Gasteiger partial charge is 0.358 e. The number of hydrogen-bond acceptors (Lipinski definition) is 3. The van der Waals surface area contributed by atoms with E-state index in [9.17, 15) is 9.18 Å². The van der Waals surface area contributed by atoms with Gasteiger partial charge in [0.05, 0.1) is 11.6 Å². The molecule has 0 spiro atoms. The monoisotopic (exact) mass is 339 g/mol. The maximum Gasteiger partial charge on any atom is 0.143 e. The van der Waals surface area contributed by atoms with Crippen LogP contribution >= 0.6 is 11.8 Å². The smallest absolute Gasteiger partial charge is 0.143 e. The second-order valence-electron chi connectivity index (χ2n) is 6.46. The lowest BCUT2D eigenvalue weighted by atomic mass is 9.81. The first-order valence-electron chi connectivity index (χ1n) is 8.14. The summed E-state index contributed by atoms with van der Waals surface area (Å²) in [6, 6.07) is 14.6. The van der Waals surface area contributed by atoms with Crippen LogP contribution in [0.3, 0.4) is 0 Å². The van der Waals surface area contributed by atoms with E-state index in [1.807, 2.05) is 18.2 Å². The van der Waals surface area contributed by atoms with E-state index in [0.29, 0.717) is 6.42 Å². The van der Waals surface area contributed by atoms with Crippen LogP contribution in [0.5, 0.6) is 0 Å². The molecule has 4 rings (SSSR count). The number of allylic oxidation sites excluding steroid dienone is 2. The molecule has 3 atom stereocenters. The fourth-order valence-electron chi connectivity index (χ4n) is 3.48. The highest BCUT2D eigenvalue weighted by Crippen LogP contribution is 2.50. The Morgan fingerprint density at radius 2 is 1.88 bits per heavy atom. The van der Waals surface area contributed by atoms with E-state index in [0.717, 1.165) is 21.8 Å². The summed E-state index contributed by atoms with van der Waals surface area (Å²) >= 11 is 1.68. The van der Waals surface area contributed by atoms with Crippen molar-refractivity contribution in [1.82, 2.24) is 0 Å². The van der Waals surface area contributed by atoms with Crippen molar-refractivity contribution in [3.63, 3.8) is 0 Å². The van der Waals surface area contributed by atoms with E-state index < -0.39 is 0 Å². The standard InChI is InChI=1S/C20H18FNOS/c1-12-10-16-19(17(23)11-12)20(13-6-8-14(21)9-7-13)24-18-5-3-2-4-15(18)22-16/h2-10,12,19-20,22H,11H2,1H3/t12-,19-,20-/m1/s1. The Hall–Kier alpha value is -2.07. The van der Waals surface area contributed by atoms with Gasteiger partial charge in [-0.25, -0.2) is 4.39 Å². The van der Waals surface area contributed by atoms with Gasteiger partial charge in [0, 0.05) is 22.3 Å². The van der Waals surface area contributed by atoms with Crippen molar-refractivity contribution >= 4 is 23.2 Å². The summed E-state index contributed by atoms with van der Waals surface area (Å²) < 4.78 is 13.3. The van der Waals surface area contributed by atoms with Crippen molar-refractivity contribution in [3.05, 3.63) is 71.7 Å². The third-order valence-corrected chi connectivity index (χ3v) is 6.00. The zero-order valence-corrected chi connectivity index (χ0v) is 14.1. The number of carbonyl (C=O) groups excluding carboxylic acids is 1. The quantitative estimate of drug-likeness (QED) is 0.775. The van der Waals surface area contributed by atoms with E-state index in [2.05, 4.69) is 24.4 Å². The van der Waals surface area contributed by atoms with E-state index in [-0.39, 0.29) is 28.7 Å². The summed E-state index contributed by atoms with van der Waals surface area (Å²) in [6.07, 6.45) is 2.73. The molecule has 2 aliphatic rings. The van der Waals surface area contributed by atoms with Crippen LogP contribution in [0.4, 0.5) is 10.1 Å². The zero-order valence-electron chi connectivity index (χ0n) is 13.3. The number of thioether (sulfide) groups is 1. The number of benzene rings is 2. The molecule has 0 saturated heterocycles. The topological polar surface area (TPSA) is 29.1 Å². The summed E-state index contributed by atoms with van der Waals surface area (Å²) in [6.45, 7) is 2.07. The highest BCUT2D eigenvalue weighted by Gasteiger charge is 2.39. The molecule has 1 aliphatic carbocycles. The van der Waals surface area contributed by atoms with Crippen LogP contribution in [0.2, 0.25) is 0 Å². The van der Waals surface area contributed by atoms with Crippen LogP contribution in [0.25, 0.3) is 0 Å². The second-order valence-corrected chi connectivity index (χ2v) is 7.64. The first-order chi connectivity index (χ1) is 11.6. The van der Waals surface area contributed by atoms with Crippen LogP contribution in [0, 0.1) is 17.7 Å². The average molecular weight is 339 g/mol. The molecule has 122 valence electrons. The van der Waals surface area contributed by atoms with Crippen LogP contribution in [-0.2, 0) is 4.79 Å². The van der Waals surface area contributed by atoms with E-state index in [1.54, 1.807) is 23.9 Å². The fraction of sp³-hybridized carbons (Fsp3) is 0.250. The lowest BCUT2D eigenvalue weighted by Gasteiger charge is -2.30. The maximum absolute atomic E-state index is 13.3. The summed E-state index contributed by atoms with van der Waals surface area (Å²) in [7, 11) is 0. The van der Waals surface area contributed by atoms with Crippen LogP contribution < -0.4 is 5.32 Å². The number of Topliss-reactive ketones (excluding diaryl/α,β-unsaturated/α-hetero) is 1. The summed E-state index contributed by atoms with van der Waals surface area (Å²) in [4.78, 5) is 13.9. The lowest BCUT2D eigenvalue weighted by molar-refractivity contribution is -0.122. The molecule has 2 nitrogen and oxygen atoms in total. The molecular weight excluding hydrogens is 321 g/mol. The van der Waals surface area contributed by atoms with Gasteiger partial charge < -0.3 is 5.32 Å². The Morgan fingerprint density at radius 1 is 1.12 bits per heavy atom. The second kappa shape index (κ2) is 6.10. The van der Waals surface area contributed by atoms with Gasteiger partial charge >= 0.3 is 0 Å². The minimum Gasteiger partial charge on any atom is -0.358 e. The van der Waals surface area contributed by atoms with Gasteiger partial charge in [-0.2, -0.15) is 0 Å². The number of ketones is 1. The molecule has 2 aromatic carbocycles. The molecule has 0 fully saturated rings. The Kier molecular flexibility index (Phi) is 3.93. The third-order valence-electron chi connectivity index (χ3n) is 4.59. The third kappa shape index (κ3) is 2.75. The molecule has 24 heavy (non-hydrogen) atoms. The van der Waals surface area contributed by atoms with E-state index in [4.69, 9.17) is 0 Å². The first-order valence-corrected chi connectivity index (χ1v) is 9.02. The predicted octanol–water partition coefficient (Wildman–Crippen LogP) is 5.19. The van der Waals surface area contributed by atoms with E-state index >= 15 is 0 Å². The van der Waals surface area contributed by atoms with Gasteiger partial charge in [0.1, 0.15) is 11.6 Å². The van der Waals surface area contributed by atoms with Crippen LogP contribution in [0.15, 0.2) is 65.2 Å². The average Bonchev–Trinajstić information content (AvgIpc) is 2.72. The van der Waals surface area contributed by atoms with Gasteiger partial charge in [-0.3, -0.25) is 4.79 Å². The molecule has 1 aliphatic heterocycles. The molecule has 2 aromatic rings. The van der Waals surface area contributed by atoms with Crippen molar-refractivity contribution in [2.24, 2.45) is 11.8 Å². The van der Waals surface area contributed by atoms with Gasteiger partial charge in [-0.1, -0.05) is 37.3 Å². The molecular formula is C20H18FNOS. The molecule has 4 heteroatoms. The van der Waals surface area contributed by atoms with Gasteiger partial charge in [-0.05, 0) is 35.7 Å². The van der Waals surface area contributed by atoms with Gasteiger partial charge in [0.25, 0.3) is 0 Å². The Morgan fingerprint density at radius 3 is 2.67 bits per heavy atom. The highest BCUT2D eigenvalue weighted by molar-refractivity contribution is 7.99. The minimum atomic E-state index is -0.254. The van der Waals surface area contributed by atoms with Crippen molar-refractivity contribution < 1.29 is 9.18 Å². The fourth-order valence-corrected chi connectivity index (χ4v) is 4.89. The molecule has 1 N–H and O–H groups in total. The van der Waals surface area contributed by atoms with Crippen molar-refractivity contribution in [1.29, 1.82) is 0 Å². The number of fused-ring (bicyclic) bond motifs is 2. The number of para-hydroxylation sites is 1. The number of nitrogens with one attached hydrogen (secondary N) is 1. The molecule has 1 heterocycles. The summed E-state index contributed by atoms with van der Waals surface area (Å²) in [5.74, 6) is 0.0156. The molecule has 0 saturated carbocycles. The lowest BCUT2D eigenvalue weighted by Crippen LogP contribution is -2.30. The normalized spacial score (nSPS) is 25.8. The summed E-state index contributed by atoms with van der Waals surface area (Å²) in [5, 5.41) is 3.43. The van der Waals surface area contributed by atoms with Gasteiger partial charge in [-0.15, -0.1) is 11.8 Å². The number of carbonyl (C=O) groups is 1. The SMILES string of the molecule is C[C@@H]1C=C2Nc3ccccc3S[C@H](c3ccc(F)cc3)[C@H]2C(=O)C1. The Bertz CT molecular complexity index is 815. The van der Waals surface area contributed by atoms with Gasteiger partial charge in [0.2, 0.25) is 0 Å². The zero-order chi connectivity index (χ0) is 16.7. The summed E-state index contributed by atoms with van der Waals surface area (Å²) in [5.41, 5.74) is 2.99. The Balaban J connectivity index is 1.85. The first kappa shape index (κ1) is 15.5. The highest BCUT2D eigenvalue weighted by atomic mass is 32.2. The molecule has 0 radical (unpaired) electrons. The number of halogens is 1. The van der Waals surface area contributed by atoms with Crippen molar-refractivity contribution in [2.45, 2.75) is 23.5 Å².